The molecule has 14 atom stereocenters. The van der Waals surface area contributed by atoms with Gasteiger partial charge in [-0.25, -0.2) is 29.9 Å². The van der Waals surface area contributed by atoms with E-state index in [2.05, 4.69) is 29.9 Å². The molecule has 0 amide bonds. The maximum Gasteiger partial charge on any atom is 2.00 e. The predicted molar refractivity (Wildman–Crippen MR) is 273 cm³/mol. The van der Waals surface area contributed by atoms with Gasteiger partial charge in [-0.2, -0.15) is 0 Å². The maximum absolute atomic E-state index is 11.3. The molecule has 0 saturated carbocycles. The fourth-order valence-electron chi connectivity index (χ4n) is 9.89. The Balaban J connectivity index is 0.000000276. The van der Waals surface area contributed by atoms with E-state index in [1.165, 1.54) is 32.4 Å². The second-order valence-electron chi connectivity index (χ2n) is 19.3. The van der Waals surface area contributed by atoms with Crippen LogP contribution >= 0.6 is 0 Å². The van der Waals surface area contributed by atoms with Gasteiger partial charge in [-0.15, -0.1) is 0 Å². The van der Waals surface area contributed by atoms with Gasteiger partial charge in [0.05, 0.1) is 29.3 Å². The molecule has 0 aliphatic carbocycles. The first-order chi connectivity index (χ1) is 33.4. The van der Waals surface area contributed by atoms with E-state index in [-0.39, 0.29) is 113 Å². The largest absolute Gasteiger partial charge is 2.00 e. The van der Waals surface area contributed by atoms with E-state index in [0.717, 1.165) is 64.0 Å². The minimum Gasteiger partial charge on any atom is -1.00 e. The Morgan fingerprint density at radius 3 is 1.34 bits per heavy atom. The number of carbonyl (C=O) groups is 1. The molecule has 76 heavy (non-hydrogen) atoms. The van der Waals surface area contributed by atoms with E-state index in [0.29, 0.717) is 5.65 Å². The van der Waals surface area contributed by atoms with Crippen LogP contribution in [0.1, 0.15) is 105 Å². The molecule has 25 heteroatoms. The van der Waals surface area contributed by atoms with Crippen molar-refractivity contribution in [3.8, 4) is 0 Å². The van der Waals surface area contributed by atoms with Crippen molar-refractivity contribution in [2.24, 2.45) is 0 Å². The zero-order valence-electron chi connectivity index (χ0n) is 43.3. The molecule has 22 nitrogen and oxygen atoms in total. The standard InChI is InChI=1S/C16H21N3O4.C15H17N3O4.C13H17N3O4.C4H8O.2CH4.CH3.BrH.Mg.Y/c1-8-10-5-6-19(14(10)18-7-17-8)15-13-12(11(21-15)9(2)20)22-16(3,4)23-13;1-8-9-4-5-18(13(9)17-7-16-8)14-12-11(10(6-19)20-14)21-15(2,3)22-12;1-6-8-3-4-16(12(8)15-5-14-6)13-10(19)9(18)11(20-13)7(2)17;1-2-4-5-3-1;;;;;;/h5-7,9,11-13,15,20H,1-4H3;4-7,10-12,14H,1-3H3;3-5,7,9-11,13,17-19H,1-2H3;1-4H2;2*1H4;1H3;1H;;/q;;;;;;-1;;+2;/p-1/t9-,11+,12-,13-,15-;10-,11+,12+,14+;7-,9+,10-,11+,13-;;;;;;;/m101......./s1. The van der Waals surface area contributed by atoms with Gasteiger partial charge in [0, 0.05) is 80.7 Å². The average molecular weight is 1210 g/mol. The summed E-state index contributed by atoms with van der Waals surface area (Å²) in [6.07, 6.45) is 4.70. The Labute approximate surface area is 496 Å². The molecule has 6 aromatic heterocycles. The number of aliphatic hydroxyl groups excluding tert-OH is 4. The number of rotatable bonds is 6. The smallest absolute Gasteiger partial charge is 1.00 e. The molecule has 6 aromatic rings. The van der Waals surface area contributed by atoms with Crippen molar-refractivity contribution in [3.63, 3.8) is 0 Å². The first-order valence-electron chi connectivity index (χ1n) is 23.7. The molecule has 12 rings (SSSR count). The fraction of sp³-hybridized carbons (Fsp3) is 0.608. The van der Waals surface area contributed by atoms with Gasteiger partial charge in [-0.3, -0.25) is 0 Å². The zero-order chi connectivity index (χ0) is 49.8. The van der Waals surface area contributed by atoms with Crippen LogP contribution < -0.4 is 17.0 Å². The normalized spacial score (nSPS) is 29.9. The number of aromatic nitrogens is 9. The molecule has 413 valence electrons. The van der Waals surface area contributed by atoms with E-state index < -0.39 is 79.1 Å². The quantitative estimate of drug-likeness (QED) is 0.105. The molecule has 0 bridgehead atoms. The van der Waals surface area contributed by atoms with Crippen molar-refractivity contribution in [3.05, 3.63) is 80.3 Å². The van der Waals surface area contributed by atoms with Gasteiger partial charge in [0.2, 0.25) is 0 Å². The van der Waals surface area contributed by atoms with Crippen molar-refractivity contribution in [1.29, 1.82) is 0 Å². The topological polar surface area (TPSA) is 264 Å². The van der Waals surface area contributed by atoms with E-state index in [4.69, 9.17) is 37.9 Å². The molecular weight excluding hydrogens is 1140 g/mol. The molecule has 6 fully saturated rings. The van der Waals surface area contributed by atoms with Crippen LogP contribution in [0, 0.1) is 28.2 Å². The Morgan fingerprint density at radius 1 is 0.592 bits per heavy atom. The summed E-state index contributed by atoms with van der Waals surface area (Å²) in [7, 11) is 0. The first-order valence-corrected chi connectivity index (χ1v) is 23.7. The van der Waals surface area contributed by atoms with Gasteiger partial charge in [0.25, 0.3) is 0 Å². The van der Waals surface area contributed by atoms with Crippen LogP contribution in [0.4, 0.5) is 0 Å². The van der Waals surface area contributed by atoms with Crippen molar-refractivity contribution in [2.45, 2.75) is 187 Å². The Bertz CT molecular complexity index is 2790. The molecule has 4 N–H and O–H groups in total. The van der Waals surface area contributed by atoms with Crippen LogP contribution in [0.2, 0.25) is 0 Å². The summed E-state index contributed by atoms with van der Waals surface area (Å²) in [6, 6.07) is 5.75. The van der Waals surface area contributed by atoms with Crippen molar-refractivity contribution >= 4 is 62.4 Å². The average Bonchev–Trinajstić information content (AvgIpc) is 4.17. The number of halogens is 1. The van der Waals surface area contributed by atoms with Gasteiger partial charge in [0.1, 0.15) is 90.9 Å². The minimum absolute atomic E-state index is 0. The van der Waals surface area contributed by atoms with E-state index >= 15 is 0 Å². The summed E-state index contributed by atoms with van der Waals surface area (Å²) in [6.45, 7) is 18.4. The zero-order valence-corrected chi connectivity index (χ0v) is 49.2. The number of hydrogen-bond donors (Lipinski definition) is 4. The third-order valence-electron chi connectivity index (χ3n) is 13.3. The fourth-order valence-corrected chi connectivity index (χ4v) is 9.89. The SMILES string of the molecule is C.C.C1CCOC1.Cc1ncnc2c1ccn2[C@@H]1O[C@@H](C=O)[C@H]2OC(C)(C)O[C@H]21.Cc1ncnc2c1ccn2[C@@H]1O[C@@H]([C@@H](C)O)[C@@H](O)[C@H]1O.Cc1ncnc2c1ccn2[C@@H]1O[C@@H]([C@@H](C)O)[C@H]2OC(C)(C)O[C@H]21.[Br-].[CH3-].[Mg+2].[Y]. The number of aryl methyl sites for hydroxylation is 3. The molecule has 6 aliphatic heterocycles. The van der Waals surface area contributed by atoms with Crippen molar-refractivity contribution < 1.29 is 113 Å². The maximum atomic E-state index is 11.3. The van der Waals surface area contributed by atoms with Crippen LogP contribution in [-0.4, -0.2) is 185 Å². The number of fused-ring (bicyclic) bond motifs is 5. The third kappa shape index (κ3) is 13.6. The monoisotopic (exact) mass is 1210 g/mol. The van der Waals surface area contributed by atoms with Gasteiger partial charge in [-0.05, 0) is 93.4 Å². The summed E-state index contributed by atoms with van der Waals surface area (Å²) in [5.74, 6) is -1.43. The predicted octanol–water partition coefficient (Wildman–Crippen LogP) is 1.77. The van der Waals surface area contributed by atoms with E-state index in [1.54, 1.807) is 24.0 Å². The second-order valence-corrected chi connectivity index (χ2v) is 19.3. The summed E-state index contributed by atoms with van der Waals surface area (Å²) in [4.78, 5) is 36.7. The molecule has 1 radical (unpaired) electrons. The van der Waals surface area contributed by atoms with Crippen LogP contribution in [0.25, 0.3) is 33.1 Å². The second kappa shape index (κ2) is 27.7. The molecule has 12 heterocycles. The molecule has 6 saturated heterocycles. The number of aliphatic hydroxyl groups is 4. The number of nitrogens with zero attached hydrogens (tertiary/aromatic N) is 9. The molecular formula is C51H74BrMgN9O13Y. The molecule has 0 spiro atoms. The summed E-state index contributed by atoms with van der Waals surface area (Å²) in [5.41, 5.74) is 4.82. The Kier molecular flexibility index (Phi) is 24.7. The van der Waals surface area contributed by atoms with E-state index in [9.17, 15) is 25.2 Å². The minimum atomic E-state index is -1.14. The van der Waals surface area contributed by atoms with Crippen LogP contribution in [-0.2, 0) is 75.4 Å². The van der Waals surface area contributed by atoms with Crippen LogP contribution in [0.5, 0.6) is 0 Å². The molecule has 0 aromatic carbocycles. The number of carbonyl (C=O) groups excluding carboxylic acids is 1. The van der Waals surface area contributed by atoms with E-state index in [1.807, 2.05) is 88.2 Å². The van der Waals surface area contributed by atoms with Gasteiger partial charge in [0.15, 0.2) is 36.5 Å². The summed E-state index contributed by atoms with van der Waals surface area (Å²) >= 11 is 0. The number of ether oxygens (including phenoxy) is 8. The van der Waals surface area contributed by atoms with Crippen LogP contribution in [0.3, 0.4) is 0 Å². The van der Waals surface area contributed by atoms with Gasteiger partial charge in [-0.1, -0.05) is 14.9 Å². The molecule has 6 aliphatic rings. The van der Waals surface area contributed by atoms with Gasteiger partial charge < -0.3 is 101 Å². The number of aldehydes is 1. The number of hydrogen-bond acceptors (Lipinski definition) is 19. The molecule has 0 unspecified atom stereocenters. The first kappa shape index (κ1) is 67.7. The Hall–Kier alpha value is -2.60. The summed E-state index contributed by atoms with van der Waals surface area (Å²) < 4.78 is 51.7. The Morgan fingerprint density at radius 2 is 0.961 bits per heavy atom. The third-order valence-corrected chi connectivity index (χ3v) is 13.3. The van der Waals surface area contributed by atoms with Crippen LogP contribution in [0.15, 0.2) is 55.8 Å². The summed E-state index contributed by atoms with van der Waals surface area (Å²) in [5, 5.41) is 42.5. The van der Waals surface area contributed by atoms with Crippen molar-refractivity contribution in [1.82, 2.24) is 43.6 Å². The van der Waals surface area contributed by atoms with Gasteiger partial charge >= 0.3 is 23.1 Å². The van der Waals surface area contributed by atoms with Crippen molar-refractivity contribution in [2.75, 3.05) is 13.2 Å².